The van der Waals surface area contributed by atoms with Gasteiger partial charge >= 0.3 is 0 Å². The van der Waals surface area contributed by atoms with Crippen molar-refractivity contribution >= 4 is 49.8 Å². The molecule has 0 aliphatic rings. The van der Waals surface area contributed by atoms with Gasteiger partial charge in [-0.25, -0.2) is 0 Å². The normalized spacial score (nSPS) is 11.6. The zero-order valence-electron chi connectivity index (χ0n) is 14.8. The first-order chi connectivity index (χ1) is 13.7. The summed E-state index contributed by atoms with van der Waals surface area (Å²) in [6.07, 6.45) is 5.54. The highest BCUT2D eigenvalue weighted by Gasteiger charge is 2.10. The Morgan fingerprint density at radius 3 is 2.71 bits per heavy atom. The van der Waals surface area contributed by atoms with Crippen LogP contribution in [0.2, 0.25) is 5.02 Å². The molecule has 0 aliphatic carbocycles. The zero-order valence-corrected chi connectivity index (χ0v) is 16.3. The van der Waals surface area contributed by atoms with Crippen LogP contribution in [0.1, 0.15) is 0 Å². The predicted molar refractivity (Wildman–Crippen MR) is 114 cm³/mol. The number of aromatic nitrogens is 1. The maximum Gasteiger partial charge on any atom is 0.286 e. The summed E-state index contributed by atoms with van der Waals surface area (Å²) < 4.78 is 8.43. The monoisotopic (exact) mass is 406 g/mol. The fraction of sp³-hybridized carbons (Fsp3) is 0.0909. The van der Waals surface area contributed by atoms with Crippen LogP contribution >= 0.6 is 22.9 Å². The summed E-state index contributed by atoms with van der Waals surface area (Å²) >= 11 is 7.30. The van der Waals surface area contributed by atoms with E-state index < -0.39 is 0 Å². The lowest BCUT2D eigenvalue weighted by Gasteiger charge is -2.03. The summed E-state index contributed by atoms with van der Waals surface area (Å²) in [5.74, 6) is 2.83. The third kappa shape index (κ3) is 3.65. The van der Waals surface area contributed by atoms with Crippen molar-refractivity contribution in [2.75, 3.05) is 6.61 Å². The molecule has 4 rings (SSSR count). The van der Waals surface area contributed by atoms with Crippen LogP contribution in [0.4, 0.5) is 0 Å². The molecule has 0 atom stereocenters. The van der Waals surface area contributed by atoms with Gasteiger partial charge in [0.2, 0.25) is 0 Å². The van der Waals surface area contributed by atoms with E-state index >= 15 is 0 Å². The van der Waals surface area contributed by atoms with Gasteiger partial charge in [0, 0.05) is 10.4 Å². The molecule has 4 nitrogen and oxygen atoms in total. The van der Waals surface area contributed by atoms with Crippen molar-refractivity contribution in [2.24, 2.45) is 4.99 Å². The van der Waals surface area contributed by atoms with Crippen LogP contribution in [0.5, 0.6) is 5.75 Å². The van der Waals surface area contributed by atoms with Crippen molar-refractivity contribution in [3.63, 3.8) is 0 Å². The number of rotatable bonds is 4. The summed E-state index contributed by atoms with van der Waals surface area (Å²) in [6.45, 7) is 0.176. The molecule has 0 aliphatic heterocycles. The first kappa shape index (κ1) is 18.3. The van der Waals surface area contributed by atoms with Crippen molar-refractivity contribution in [1.29, 1.82) is 0 Å². The number of hydrogen-bond acceptors (Lipinski definition) is 3. The lowest BCUT2D eigenvalue weighted by molar-refractivity contribution is -0.120. The molecule has 0 bridgehead atoms. The van der Waals surface area contributed by atoms with Crippen molar-refractivity contribution in [3.8, 4) is 18.1 Å². The van der Waals surface area contributed by atoms with E-state index in [2.05, 4.69) is 23.0 Å². The molecule has 0 fully saturated rings. The van der Waals surface area contributed by atoms with E-state index in [1.54, 1.807) is 24.3 Å². The first-order valence-corrected chi connectivity index (χ1v) is 9.75. The fourth-order valence-electron chi connectivity index (χ4n) is 2.94. The second-order valence-electron chi connectivity index (χ2n) is 6.06. The molecule has 138 valence electrons. The number of hydrogen-bond donors (Lipinski definition) is 0. The molecule has 3 aromatic carbocycles. The molecular weight excluding hydrogens is 392 g/mol. The number of carbonyl (C=O) groups excluding carboxylic acids is 1. The molecule has 1 amide bonds. The Morgan fingerprint density at radius 1 is 1.14 bits per heavy atom. The average molecular weight is 407 g/mol. The van der Waals surface area contributed by atoms with Gasteiger partial charge < -0.3 is 9.30 Å². The number of benzene rings is 3. The Kier molecular flexibility index (Phi) is 5.16. The van der Waals surface area contributed by atoms with Gasteiger partial charge in [-0.05, 0) is 35.7 Å². The molecule has 0 unspecified atom stereocenters. The number of thiazole rings is 1. The van der Waals surface area contributed by atoms with Crippen molar-refractivity contribution in [2.45, 2.75) is 6.54 Å². The van der Waals surface area contributed by atoms with E-state index in [9.17, 15) is 4.79 Å². The van der Waals surface area contributed by atoms with E-state index in [1.165, 1.54) is 11.3 Å². The minimum atomic E-state index is -0.378. The van der Waals surface area contributed by atoms with Gasteiger partial charge in [-0.15, -0.1) is 6.42 Å². The number of terminal acetylenes is 1. The highest BCUT2D eigenvalue weighted by Crippen LogP contribution is 2.27. The van der Waals surface area contributed by atoms with Crippen LogP contribution in [0.15, 0.2) is 65.7 Å². The van der Waals surface area contributed by atoms with Crippen LogP contribution < -0.4 is 9.54 Å². The van der Waals surface area contributed by atoms with E-state index in [-0.39, 0.29) is 12.5 Å². The van der Waals surface area contributed by atoms with Gasteiger partial charge in [-0.3, -0.25) is 4.79 Å². The van der Waals surface area contributed by atoms with E-state index in [4.69, 9.17) is 22.8 Å². The minimum absolute atomic E-state index is 0.160. The number of fused-ring (bicyclic) bond motifs is 3. The predicted octanol–water partition coefficient (Wildman–Crippen LogP) is 4.65. The number of carbonyl (C=O) groups is 1. The minimum Gasteiger partial charge on any atom is -0.484 e. The second-order valence-corrected chi connectivity index (χ2v) is 7.47. The number of ether oxygens (including phenoxy) is 1. The first-order valence-electron chi connectivity index (χ1n) is 8.56. The molecule has 28 heavy (non-hydrogen) atoms. The average Bonchev–Trinajstić information content (AvgIpc) is 3.05. The fourth-order valence-corrected chi connectivity index (χ4v) is 4.25. The summed E-state index contributed by atoms with van der Waals surface area (Å²) in [5.41, 5.74) is 0.965. The topological polar surface area (TPSA) is 43.6 Å². The molecule has 0 saturated carbocycles. The van der Waals surface area contributed by atoms with Gasteiger partial charge in [-0.1, -0.05) is 59.2 Å². The summed E-state index contributed by atoms with van der Waals surface area (Å²) in [7, 11) is 0. The quantitative estimate of drug-likeness (QED) is 0.463. The highest BCUT2D eigenvalue weighted by molar-refractivity contribution is 7.17. The zero-order chi connectivity index (χ0) is 19.5. The lowest BCUT2D eigenvalue weighted by Crippen LogP contribution is -2.19. The van der Waals surface area contributed by atoms with E-state index in [0.29, 0.717) is 22.1 Å². The van der Waals surface area contributed by atoms with Crippen molar-refractivity contribution < 1.29 is 9.53 Å². The SMILES string of the molecule is C#CCn1c(=NC(=O)COc2ccc(Cl)cc2)sc2c3ccccc3ccc21. The Balaban J connectivity index is 1.71. The molecule has 0 spiro atoms. The van der Waals surface area contributed by atoms with Gasteiger partial charge in [0.1, 0.15) is 5.75 Å². The van der Waals surface area contributed by atoms with Crippen LogP contribution in [0, 0.1) is 12.3 Å². The standard InChI is InChI=1S/C22H15ClN2O2S/c1-2-13-25-19-12-7-15-5-3-4-6-18(15)21(19)28-22(25)24-20(26)14-27-17-10-8-16(23)9-11-17/h1,3-12H,13-14H2. The molecule has 1 aromatic heterocycles. The maximum atomic E-state index is 12.4. The van der Waals surface area contributed by atoms with Crippen molar-refractivity contribution in [1.82, 2.24) is 4.57 Å². The summed E-state index contributed by atoms with van der Waals surface area (Å²) in [6, 6.07) is 19.0. The van der Waals surface area contributed by atoms with Gasteiger partial charge in [0.15, 0.2) is 11.4 Å². The third-order valence-corrected chi connectivity index (χ3v) is 5.60. The Bertz CT molecular complexity index is 1280. The van der Waals surface area contributed by atoms with E-state index in [0.717, 1.165) is 21.0 Å². The smallest absolute Gasteiger partial charge is 0.286 e. The molecule has 1 heterocycles. The van der Waals surface area contributed by atoms with Gasteiger partial charge in [0.25, 0.3) is 5.91 Å². The molecule has 4 aromatic rings. The largest absolute Gasteiger partial charge is 0.484 e. The Labute approximate surface area is 170 Å². The van der Waals surface area contributed by atoms with Crippen LogP contribution in [-0.4, -0.2) is 17.1 Å². The molecule has 6 heteroatoms. The number of nitrogens with zero attached hydrogens (tertiary/aromatic N) is 2. The summed E-state index contributed by atoms with van der Waals surface area (Å²) in [4.78, 5) is 17.2. The maximum absolute atomic E-state index is 12.4. The highest BCUT2D eigenvalue weighted by atomic mass is 35.5. The Morgan fingerprint density at radius 2 is 1.93 bits per heavy atom. The van der Waals surface area contributed by atoms with Crippen molar-refractivity contribution in [3.05, 3.63) is 70.5 Å². The van der Waals surface area contributed by atoms with Crippen LogP contribution in [0.25, 0.3) is 21.0 Å². The van der Waals surface area contributed by atoms with Crippen LogP contribution in [-0.2, 0) is 11.3 Å². The number of amides is 1. The lowest BCUT2D eigenvalue weighted by atomic mass is 10.1. The third-order valence-electron chi connectivity index (χ3n) is 4.22. The Hall–Kier alpha value is -3.07. The molecular formula is C22H15ClN2O2S. The van der Waals surface area contributed by atoms with Crippen LogP contribution in [0.3, 0.4) is 0 Å². The second kappa shape index (κ2) is 7.89. The van der Waals surface area contributed by atoms with Gasteiger partial charge in [0.05, 0.1) is 16.8 Å². The number of halogens is 1. The van der Waals surface area contributed by atoms with E-state index in [1.807, 2.05) is 28.8 Å². The molecule has 0 radical (unpaired) electrons. The summed E-state index contributed by atoms with van der Waals surface area (Å²) in [5, 5.41) is 2.85. The molecule has 0 N–H and O–H groups in total. The molecule has 0 saturated heterocycles. The van der Waals surface area contributed by atoms with Gasteiger partial charge in [-0.2, -0.15) is 4.99 Å².